The first-order valence-electron chi connectivity index (χ1n) is 6.60. The van der Waals surface area contributed by atoms with Gasteiger partial charge in [0.25, 0.3) is 0 Å². The summed E-state index contributed by atoms with van der Waals surface area (Å²) in [6.07, 6.45) is 5.78. The molecule has 1 aliphatic heterocycles. The number of nitrogens with zero attached hydrogens (tertiary/aromatic N) is 6. The Morgan fingerprint density at radius 1 is 1.30 bits per heavy atom. The fraction of sp³-hybridized carbons (Fsp3) is 0.500. The first-order chi connectivity index (χ1) is 9.70. The van der Waals surface area contributed by atoms with E-state index in [4.69, 9.17) is 17.3 Å². The van der Waals surface area contributed by atoms with E-state index in [9.17, 15) is 0 Å². The number of rotatable bonds is 3. The van der Waals surface area contributed by atoms with Crippen molar-refractivity contribution in [2.24, 2.45) is 5.92 Å². The number of anilines is 2. The summed E-state index contributed by atoms with van der Waals surface area (Å²) in [6, 6.07) is 1.76. The van der Waals surface area contributed by atoms with E-state index in [0.29, 0.717) is 11.1 Å². The van der Waals surface area contributed by atoms with Crippen molar-refractivity contribution in [3.8, 4) is 0 Å². The zero-order valence-corrected chi connectivity index (χ0v) is 11.7. The Hall–Kier alpha value is -1.89. The molecule has 7 nitrogen and oxygen atoms in total. The van der Waals surface area contributed by atoms with E-state index >= 15 is 0 Å². The van der Waals surface area contributed by atoms with Crippen LogP contribution >= 0.6 is 11.6 Å². The van der Waals surface area contributed by atoms with Crippen LogP contribution in [-0.2, 0) is 6.54 Å². The van der Waals surface area contributed by atoms with Crippen molar-refractivity contribution >= 4 is 23.4 Å². The predicted molar refractivity (Wildman–Crippen MR) is 76.4 cm³/mol. The van der Waals surface area contributed by atoms with Crippen LogP contribution in [-0.4, -0.2) is 38.1 Å². The van der Waals surface area contributed by atoms with E-state index in [1.165, 1.54) is 0 Å². The molecule has 0 saturated carbocycles. The van der Waals surface area contributed by atoms with Crippen molar-refractivity contribution < 1.29 is 0 Å². The molecule has 0 bridgehead atoms. The smallest absolute Gasteiger partial charge is 0.223 e. The first-order valence-corrected chi connectivity index (χ1v) is 6.97. The highest BCUT2D eigenvalue weighted by molar-refractivity contribution is 6.29. The molecule has 20 heavy (non-hydrogen) atoms. The Kier molecular flexibility index (Phi) is 3.68. The zero-order valence-electron chi connectivity index (χ0n) is 11.0. The lowest BCUT2D eigenvalue weighted by molar-refractivity contribution is 0.338. The highest BCUT2D eigenvalue weighted by Crippen LogP contribution is 2.24. The summed E-state index contributed by atoms with van der Waals surface area (Å²) in [5, 5.41) is 8.22. The summed E-state index contributed by atoms with van der Waals surface area (Å²) in [5.74, 6) is 1.64. The topological polar surface area (TPSA) is 85.8 Å². The average molecular weight is 294 g/mol. The minimum atomic E-state index is 0.220. The molecule has 2 aromatic heterocycles. The van der Waals surface area contributed by atoms with Gasteiger partial charge < -0.3 is 10.6 Å². The third kappa shape index (κ3) is 2.98. The highest BCUT2D eigenvalue weighted by Gasteiger charge is 2.21. The maximum atomic E-state index is 5.92. The molecule has 106 valence electrons. The summed E-state index contributed by atoms with van der Waals surface area (Å²) in [6.45, 7) is 2.79. The van der Waals surface area contributed by atoms with Gasteiger partial charge in [0.2, 0.25) is 5.95 Å². The molecular formula is C12H16ClN7. The van der Waals surface area contributed by atoms with Gasteiger partial charge in [0.05, 0.1) is 6.20 Å². The van der Waals surface area contributed by atoms with Crippen molar-refractivity contribution in [1.82, 2.24) is 25.0 Å². The lowest BCUT2D eigenvalue weighted by Crippen LogP contribution is -2.35. The van der Waals surface area contributed by atoms with Crippen LogP contribution in [0.15, 0.2) is 18.5 Å². The molecule has 0 aromatic carbocycles. The molecule has 8 heteroatoms. The molecule has 1 saturated heterocycles. The van der Waals surface area contributed by atoms with Crippen molar-refractivity contribution in [1.29, 1.82) is 0 Å². The lowest BCUT2D eigenvalue weighted by Gasteiger charge is -2.32. The Morgan fingerprint density at radius 3 is 2.75 bits per heavy atom. The second kappa shape index (κ2) is 5.62. The molecule has 2 aromatic rings. The monoisotopic (exact) mass is 293 g/mol. The highest BCUT2D eigenvalue weighted by atomic mass is 35.5. The second-order valence-corrected chi connectivity index (χ2v) is 5.35. The fourth-order valence-corrected chi connectivity index (χ4v) is 2.71. The van der Waals surface area contributed by atoms with Gasteiger partial charge in [-0.05, 0) is 18.8 Å². The summed E-state index contributed by atoms with van der Waals surface area (Å²) < 4.78 is 1.89. The molecule has 1 fully saturated rings. The minimum Gasteiger partial charge on any atom is -0.368 e. The van der Waals surface area contributed by atoms with Crippen LogP contribution in [0, 0.1) is 5.92 Å². The summed E-state index contributed by atoms with van der Waals surface area (Å²) in [4.78, 5) is 10.3. The molecule has 2 N–H and O–H groups in total. The third-order valence-corrected chi connectivity index (χ3v) is 3.75. The normalized spacial score (nSPS) is 16.6. The second-order valence-electron chi connectivity index (χ2n) is 4.96. The van der Waals surface area contributed by atoms with Gasteiger partial charge in [-0.25, -0.2) is 4.98 Å². The van der Waals surface area contributed by atoms with Gasteiger partial charge in [-0.3, -0.25) is 4.68 Å². The fourth-order valence-electron chi connectivity index (χ4n) is 2.52. The first kappa shape index (κ1) is 13.1. The van der Waals surface area contributed by atoms with Gasteiger partial charge in [-0.15, -0.1) is 5.10 Å². The molecular weight excluding hydrogens is 278 g/mol. The van der Waals surface area contributed by atoms with Crippen molar-refractivity contribution in [2.45, 2.75) is 19.4 Å². The number of halogens is 1. The number of hydrogen-bond donors (Lipinski definition) is 1. The molecule has 0 radical (unpaired) electrons. The predicted octanol–water partition coefficient (Wildman–Crippen LogP) is 1.22. The van der Waals surface area contributed by atoms with Crippen LogP contribution in [0.25, 0.3) is 0 Å². The Morgan fingerprint density at radius 2 is 2.10 bits per heavy atom. The summed E-state index contributed by atoms with van der Waals surface area (Å²) >= 11 is 5.92. The standard InChI is InChI=1S/C12H16ClN7/c13-10-7-11(17-12(14)16-10)19-4-1-9(2-5-19)8-20-6-3-15-18-20/h3,6-7,9H,1-2,4-5,8H2,(H2,14,16,17). The van der Waals surface area contributed by atoms with E-state index in [1.807, 2.05) is 10.9 Å². The molecule has 0 aliphatic carbocycles. The lowest BCUT2D eigenvalue weighted by atomic mass is 9.97. The number of piperidine rings is 1. The number of nitrogen functional groups attached to an aromatic ring is 1. The van der Waals surface area contributed by atoms with E-state index in [0.717, 1.165) is 38.3 Å². The quantitative estimate of drug-likeness (QED) is 0.857. The van der Waals surface area contributed by atoms with E-state index < -0.39 is 0 Å². The molecule has 1 aliphatic rings. The maximum absolute atomic E-state index is 5.92. The van der Waals surface area contributed by atoms with Gasteiger partial charge in [-0.1, -0.05) is 16.8 Å². The van der Waals surface area contributed by atoms with Crippen LogP contribution in [0.2, 0.25) is 5.15 Å². The van der Waals surface area contributed by atoms with Crippen LogP contribution < -0.4 is 10.6 Å². The molecule has 0 atom stereocenters. The Balaban J connectivity index is 1.60. The third-order valence-electron chi connectivity index (χ3n) is 3.55. The maximum Gasteiger partial charge on any atom is 0.223 e. The number of aromatic nitrogens is 5. The van der Waals surface area contributed by atoms with Crippen LogP contribution in [0.5, 0.6) is 0 Å². The molecule has 0 spiro atoms. The molecule has 3 rings (SSSR count). The van der Waals surface area contributed by atoms with Crippen molar-refractivity contribution in [3.63, 3.8) is 0 Å². The molecule has 0 unspecified atom stereocenters. The van der Waals surface area contributed by atoms with Gasteiger partial charge in [0.1, 0.15) is 11.0 Å². The SMILES string of the molecule is Nc1nc(Cl)cc(N2CCC(Cn3ccnn3)CC2)n1. The van der Waals surface area contributed by atoms with Gasteiger partial charge in [-0.2, -0.15) is 4.98 Å². The van der Waals surface area contributed by atoms with Crippen LogP contribution in [0.3, 0.4) is 0 Å². The average Bonchev–Trinajstić information content (AvgIpc) is 2.91. The zero-order chi connectivity index (χ0) is 13.9. The van der Waals surface area contributed by atoms with Gasteiger partial charge in [0, 0.05) is 31.9 Å². The van der Waals surface area contributed by atoms with Gasteiger partial charge in [0.15, 0.2) is 0 Å². The number of hydrogen-bond acceptors (Lipinski definition) is 6. The van der Waals surface area contributed by atoms with E-state index in [2.05, 4.69) is 25.2 Å². The Bertz CT molecular complexity index is 543. The van der Waals surface area contributed by atoms with Crippen molar-refractivity contribution in [2.75, 3.05) is 23.7 Å². The molecule has 3 heterocycles. The Labute approximate surface area is 121 Å². The van der Waals surface area contributed by atoms with Crippen LogP contribution in [0.1, 0.15) is 12.8 Å². The summed E-state index contributed by atoms with van der Waals surface area (Å²) in [5.41, 5.74) is 5.63. The number of nitrogens with two attached hydrogens (primary N) is 1. The van der Waals surface area contributed by atoms with E-state index in [1.54, 1.807) is 12.3 Å². The largest absolute Gasteiger partial charge is 0.368 e. The van der Waals surface area contributed by atoms with Crippen LogP contribution in [0.4, 0.5) is 11.8 Å². The minimum absolute atomic E-state index is 0.220. The van der Waals surface area contributed by atoms with E-state index in [-0.39, 0.29) is 5.95 Å². The molecule has 0 amide bonds. The summed E-state index contributed by atoms with van der Waals surface area (Å²) in [7, 11) is 0. The van der Waals surface area contributed by atoms with Crippen molar-refractivity contribution in [3.05, 3.63) is 23.6 Å². The van der Waals surface area contributed by atoms with Gasteiger partial charge >= 0.3 is 0 Å².